The molecule has 1 rings (SSSR count). The van der Waals surface area contributed by atoms with Crippen molar-refractivity contribution in [1.29, 1.82) is 0 Å². The summed E-state index contributed by atoms with van der Waals surface area (Å²) in [5.41, 5.74) is 6.38. The van der Waals surface area contributed by atoms with E-state index in [4.69, 9.17) is 10.2 Å². The zero-order chi connectivity index (χ0) is 8.27. The zero-order valence-corrected chi connectivity index (χ0v) is 7.05. The number of hydrogen-bond acceptors (Lipinski definition) is 3. The van der Waals surface area contributed by atoms with Crippen molar-refractivity contribution in [3.63, 3.8) is 0 Å². The van der Waals surface area contributed by atoms with Crippen molar-refractivity contribution < 1.29 is 4.42 Å². The summed E-state index contributed by atoms with van der Waals surface area (Å²) in [6.07, 6.45) is 2.01. The van der Waals surface area contributed by atoms with Crippen LogP contribution >= 0.6 is 0 Å². The molecule has 62 valence electrons. The minimum absolute atomic E-state index is 0.479. The summed E-state index contributed by atoms with van der Waals surface area (Å²) < 4.78 is 5.35. The Bertz CT molecular complexity index is 230. The van der Waals surface area contributed by atoms with Crippen LogP contribution in [0.4, 0.5) is 0 Å². The fourth-order valence-corrected chi connectivity index (χ4v) is 1.09. The first kappa shape index (κ1) is 8.27. The molecule has 0 atom stereocenters. The van der Waals surface area contributed by atoms with Crippen LogP contribution in [-0.4, -0.2) is 4.98 Å². The monoisotopic (exact) mass is 154 g/mol. The Balaban J connectivity index is 2.83. The van der Waals surface area contributed by atoms with Crippen LogP contribution in [0.25, 0.3) is 0 Å². The maximum atomic E-state index is 5.47. The lowest BCUT2D eigenvalue weighted by atomic mass is 10.2. The van der Waals surface area contributed by atoms with Gasteiger partial charge >= 0.3 is 0 Å². The number of oxazole rings is 1. The Hall–Kier alpha value is -0.830. The second kappa shape index (κ2) is 3.53. The molecule has 1 aromatic rings. The third-order valence-corrected chi connectivity index (χ3v) is 1.56. The quantitative estimate of drug-likeness (QED) is 0.715. The maximum absolute atomic E-state index is 5.47. The Morgan fingerprint density at radius 2 is 2.27 bits per heavy atom. The van der Waals surface area contributed by atoms with Crippen LogP contribution in [-0.2, 0) is 13.0 Å². The van der Waals surface area contributed by atoms with Gasteiger partial charge in [0.2, 0.25) is 0 Å². The third-order valence-electron chi connectivity index (χ3n) is 1.56. The minimum Gasteiger partial charge on any atom is -0.446 e. The van der Waals surface area contributed by atoms with Crippen molar-refractivity contribution in [1.82, 2.24) is 4.98 Å². The van der Waals surface area contributed by atoms with E-state index in [2.05, 4.69) is 11.9 Å². The van der Waals surface area contributed by atoms with Gasteiger partial charge in [-0.3, -0.25) is 0 Å². The molecule has 11 heavy (non-hydrogen) atoms. The van der Waals surface area contributed by atoms with Crippen molar-refractivity contribution >= 4 is 0 Å². The third kappa shape index (κ3) is 1.80. The van der Waals surface area contributed by atoms with Gasteiger partial charge in [-0.15, -0.1) is 0 Å². The van der Waals surface area contributed by atoms with Crippen LogP contribution in [0.5, 0.6) is 0 Å². The predicted octanol–water partition coefficient (Wildman–Crippen LogP) is 1.39. The van der Waals surface area contributed by atoms with Crippen molar-refractivity contribution in [3.05, 3.63) is 17.3 Å². The highest BCUT2D eigenvalue weighted by Gasteiger charge is 2.06. The summed E-state index contributed by atoms with van der Waals surface area (Å²) in [6, 6.07) is 0. The van der Waals surface area contributed by atoms with Gasteiger partial charge in [0, 0.05) is 19.9 Å². The molecule has 0 aliphatic heterocycles. The highest BCUT2D eigenvalue weighted by molar-refractivity contribution is 5.09. The zero-order valence-electron chi connectivity index (χ0n) is 7.05. The molecule has 1 heterocycles. The van der Waals surface area contributed by atoms with E-state index in [0.717, 1.165) is 24.3 Å². The van der Waals surface area contributed by atoms with Gasteiger partial charge in [0.1, 0.15) is 5.76 Å². The van der Waals surface area contributed by atoms with E-state index in [1.807, 2.05) is 6.92 Å². The van der Waals surface area contributed by atoms with E-state index >= 15 is 0 Å². The lowest BCUT2D eigenvalue weighted by Gasteiger charge is -1.93. The summed E-state index contributed by atoms with van der Waals surface area (Å²) in [5, 5.41) is 0. The fraction of sp³-hybridized carbons (Fsp3) is 0.625. The summed E-state index contributed by atoms with van der Waals surface area (Å²) >= 11 is 0. The van der Waals surface area contributed by atoms with E-state index in [1.165, 1.54) is 0 Å². The SMILES string of the molecule is CCCc1oc(C)nc1CN. The van der Waals surface area contributed by atoms with Crippen LogP contribution in [0, 0.1) is 6.92 Å². The predicted molar refractivity (Wildman–Crippen MR) is 43.1 cm³/mol. The van der Waals surface area contributed by atoms with E-state index < -0.39 is 0 Å². The average molecular weight is 154 g/mol. The first-order chi connectivity index (χ1) is 5.27. The number of aromatic nitrogens is 1. The molecular weight excluding hydrogens is 140 g/mol. The molecule has 3 heteroatoms. The molecule has 0 unspecified atom stereocenters. The Labute approximate surface area is 66.6 Å². The van der Waals surface area contributed by atoms with Crippen molar-refractivity contribution in [2.24, 2.45) is 5.73 Å². The average Bonchev–Trinajstić information content (AvgIpc) is 2.32. The van der Waals surface area contributed by atoms with Gasteiger partial charge in [0.15, 0.2) is 5.89 Å². The van der Waals surface area contributed by atoms with Gasteiger partial charge in [-0.2, -0.15) is 0 Å². The van der Waals surface area contributed by atoms with Crippen LogP contribution < -0.4 is 5.73 Å². The number of nitrogens with zero attached hydrogens (tertiary/aromatic N) is 1. The standard InChI is InChI=1S/C8H14N2O/c1-3-4-8-7(5-9)10-6(2)11-8/h3-5,9H2,1-2H3. The molecule has 0 amide bonds. The van der Waals surface area contributed by atoms with Gasteiger partial charge in [0.05, 0.1) is 5.69 Å². The molecule has 0 aromatic carbocycles. The molecule has 3 nitrogen and oxygen atoms in total. The molecule has 0 aliphatic rings. The van der Waals surface area contributed by atoms with E-state index in [0.29, 0.717) is 12.4 Å². The largest absolute Gasteiger partial charge is 0.446 e. The van der Waals surface area contributed by atoms with Gasteiger partial charge in [-0.1, -0.05) is 6.92 Å². The van der Waals surface area contributed by atoms with E-state index in [9.17, 15) is 0 Å². The van der Waals surface area contributed by atoms with E-state index in [1.54, 1.807) is 0 Å². The van der Waals surface area contributed by atoms with Gasteiger partial charge in [-0.25, -0.2) is 4.98 Å². The van der Waals surface area contributed by atoms with Crippen molar-refractivity contribution in [2.45, 2.75) is 33.2 Å². The van der Waals surface area contributed by atoms with Gasteiger partial charge < -0.3 is 10.2 Å². The molecule has 0 fully saturated rings. The molecule has 0 saturated carbocycles. The second-order valence-electron chi connectivity index (χ2n) is 2.56. The van der Waals surface area contributed by atoms with Crippen molar-refractivity contribution in [3.8, 4) is 0 Å². The summed E-state index contributed by atoms with van der Waals surface area (Å²) in [6.45, 7) is 4.43. The summed E-state index contributed by atoms with van der Waals surface area (Å²) in [5.74, 6) is 1.67. The topological polar surface area (TPSA) is 52.0 Å². The van der Waals surface area contributed by atoms with Gasteiger partial charge in [0.25, 0.3) is 0 Å². The number of rotatable bonds is 3. The Morgan fingerprint density at radius 1 is 1.55 bits per heavy atom. The van der Waals surface area contributed by atoms with Crippen molar-refractivity contribution in [2.75, 3.05) is 0 Å². The lowest BCUT2D eigenvalue weighted by Crippen LogP contribution is -2.00. The van der Waals surface area contributed by atoms with Crippen LogP contribution in [0.3, 0.4) is 0 Å². The minimum atomic E-state index is 0.479. The maximum Gasteiger partial charge on any atom is 0.191 e. The first-order valence-corrected chi connectivity index (χ1v) is 3.93. The highest BCUT2D eigenvalue weighted by atomic mass is 16.4. The van der Waals surface area contributed by atoms with Crippen LogP contribution in [0.2, 0.25) is 0 Å². The first-order valence-electron chi connectivity index (χ1n) is 3.93. The molecule has 0 aliphatic carbocycles. The molecule has 0 spiro atoms. The number of nitrogens with two attached hydrogens (primary N) is 1. The molecular formula is C8H14N2O. The van der Waals surface area contributed by atoms with Crippen LogP contribution in [0.1, 0.15) is 30.7 Å². The molecule has 2 N–H and O–H groups in total. The Morgan fingerprint density at radius 3 is 2.82 bits per heavy atom. The fourth-order valence-electron chi connectivity index (χ4n) is 1.09. The molecule has 0 radical (unpaired) electrons. The number of hydrogen-bond donors (Lipinski definition) is 1. The summed E-state index contributed by atoms with van der Waals surface area (Å²) in [7, 11) is 0. The van der Waals surface area contributed by atoms with E-state index in [-0.39, 0.29) is 0 Å². The number of aryl methyl sites for hydroxylation is 2. The van der Waals surface area contributed by atoms with Gasteiger partial charge in [-0.05, 0) is 6.42 Å². The molecule has 1 aromatic heterocycles. The normalized spacial score (nSPS) is 10.5. The summed E-state index contributed by atoms with van der Waals surface area (Å²) in [4.78, 5) is 4.16. The smallest absolute Gasteiger partial charge is 0.191 e. The lowest BCUT2D eigenvalue weighted by molar-refractivity contribution is 0.470. The highest BCUT2D eigenvalue weighted by Crippen LogP contribution is 2.11. The molecule has 0 bridgehead atoms. The van der Waals surface area contributed by atoms with Crippen LogP contribution in [0.15, 0.2) is 4.42 Å². The Kier molecular flexibility index (Phi) is 2.65. The second-order valence-corrected chi connectivity index (χ2v) is 2.56. The molecule has 0 saturated heterocycles.